The topological polar surface area (TPSA) is 92.9 Å². The van der Waals surface area contributed by atoms with Gasteiger partial charge in [0.05, 0.1) is 12.4 Å². The Morgan fingerprint density at radius 2 is 2.25 bits per heavy atom. The molecule has 1 aliphatic heterocycles. The first kappa shape index (κ1) is 15.1. The summed E-state index contributed by atoms with van der Waals surface area (Å²) in [6, 6.07) is 6.59. The van der Waals surface area contributed by atoms with Crippen molar-refractivity contribution >= 4 is 15.7 Å². The van der Waals surface area contributed by atoms with E-state index in [2.05, 4.69) is 0 Å². The zero-order valence-corrected chi connectivity index (χ0v) is 12.1. The number of ether oxygens (including phenoxy) is 1. The van der Waals surface area contributed by atoms with Gasteiger partial charge in [0, 0.05) is 24.3 Å². The number of hydrogen-bond acceptors (Lipinski definition) is 5. The molecule has 0 amide bonds. The number of nitrogens with zero attached hydrogens (tertiary/aromatic N) is 1. The summed E-state index contributed by atoms with van der Waals surface area (Å²) in [7, 11) is -3.38. The van der Waals surface area contributed by atoms with E-state index in [1.807, 2.05) is 0 Å². The summed E-state index contributed by atoms with van der Waals surface area (Å²) in [6.45, 7) is 0.418. The maximum atomic E-state index is 12.2. The molecule has 7 heteroatoms. The Bertz CT molecular complexity index is 547. The van der Waals surface area contributed by atoms with Crippen LogP contribution in [0.1, 0.15) is 12.8 Å². The van der Waals surface area contributed by atoms with Crippen LogP contribution in [0.5, 0.6) is 5.75 Å². The highest BCUT2D eigenvalue weighted by molar-refractivity contribution is 7.89. The van der Waals surface area contributed by atoms with Crippen LogP contribution in [0.4, 0.5) is 5.69 Å². The molecule has 1 atom stereocenters. The lowest BCUT2D eigenvalue weighted by atomic mass is 10.2. The molecule has 2 rings (SSSR count). The van der Waals surface area contributed by atoms with Gasteiger partial charge in [-0.3, -0.25) is 0 Å². The average molecular weight is 300 g/mol. The highest BCUT2D eigenvalue weighted by Gasteiger charge is 2.33. The van der Waals surface area contributed by atoms with Crippen molar-refractivity contribution in [3.05, 3.63) is 24.3 Å². The summed E-state index contributed by atoms with van der Waals surface area (Å²) >= 11 is 0. The fraction of sp³-hybridized carbons (Fsp3) is 0.538. The molecular weight excluding hydrogens is 280 g/mol. The third-order valence-corrected chi connectivity index (χ3v) is 5.24. The number of nitrogens with two attached hydrogens (primary N) is 1. The van der Waals surface area contributed by atoms with Crippen molar-refractivity contribution < 1.29 is 18.3 Å². The van der Waals surface area contributed by atoms with E-state index in [0.29, 0.717) is 24.4 Å². The molecule has 1 fully saturated rings. The fourth-order valence-electron chi connectivity index (χ4n) is 2.34. The number of sulfonamides is 1. The van der Waals surface area contributed by atoms with E-state index in [-0.39, 0.29) is 25.0 Å². The second-order valence-electron chi connectivity index (χ2n) is 4.83. The van der Waals surface area contributed by atoms with Crippen molar-refractivity contribution in [3.8, 4) is 5.75 Å². The smallest absolute Gasteiger partial charge is 0.217 e. The van der Waals surface area contributed by atoms with Crippen molar-refractivity contribution in [1.82, 2.24) is 4.31 Å². The lowest BCUT2D eigenvalue weighted by Gasteiger charge is -2.22. The van der Waals surface area contributed by atoms with Gasteiger partial charge in [-0.25, -0.2) is 8.42 Å². The second-order valence-corrected chi connectivity index (χ2v) is 6.87. The molecule has 0 aromatic heterocycles. The van der Waals surface area contributed by atoms with Crippen LogP contribution in [0.2, 0.25) is 0 Å². The summed E-state index contributed by atoms with van der Waals surface area (Å²) in [5.74, 6) is 0.457. The van der Waals surface area contributed by atoms with Gasteiger partial charge in [0.15, 0.2) is 0 Å². The minimum Gasteiger partial charge on any atom is -0.492 e. The Morgan fingerprint density at radius 1 is 1.45 bits per heavy atom. The van der Waals surface area contributed by atoms with Gasteiger partial charge in [-0.05, 0) is 25.0 Å². The minimum atomic E-state index is -3.38. The number of anilines is 1. The largest absolute Gasteiger partial charge is 0.492 e. The molecule has 0 bridgehead atoms. The number of aliphatic hydroxyl groups is 1. The van der Waals surface area contributed by atoms with E-state index in [9.17, 15) is 13.5 Å². The fourth-order valence-corrected chi connectivity index (χ4v) is 3.91. The lowest BCUT2D eigenvalue weighted by molar-refractivity contribution is 0.212. The molecule has 6 nitrogen and oxygen atoms in total. The van der Waals surface area contributed by atoms with E-state index in [1.54, 1.807) is 24.3 Å². The maximum absolute atomic E-state index is 12.2. The second kappa shape index (κ2) is 6.43. The molecule has 1 aromatic rings. The first-order valence-corrected chi connectivity index (χ1v) is 8.22. The quantitative estimate of drug-likeness (QED) is 0.743. The predicted octanol–water partition coefficient (Wildman–Crippen LogP) is 0.434. The molecule has 112 valence electrons. The van der Waals surface area contributed by atoms with Gasteiger partial charge < -0.3 is 15.6 Å². The molecule has 1 saturated heterocycles. The zero-order valence-electron chi connectivity index (χ0n) is 11.2. The molecule has 20 heavy (non-hydrogen) atoms. The van der Waals surface area contributed by atoms with Gasteiger partial charge in [-0.15, -0.1) is 0 Å². The summed E-state index contributed by atoms with van der Waals surface area (Å²) < 4.78 is 31.1. The van der Waals surface area contributed by atoms with Crippen LogP contribution >= 0.6 is 0 Å². The summed E-state index contributed by atoms with van der Waals surface area (Å²) in [6.07, 6.45) is 1.51. The van der Waals surface area contributed by atoms with Crippen LogP contribution in [0.25, 0.3) is 0 Å². The molecule has 1 aliphatic rings. The van der Waals surface area contributed by atoms with Crippen LogP contribution in [-0.2, 0) is 10.0 Å². The van der Waals surface area contributed by atoms with Crippen LogP contribution in [0, 0.1) is 0 Å². The molecule has 1 heterocycles. The third kappa shape index (κ3) is 3.62. The third-order valence-electron chi connectivity index (χ3n) is 3.36. The first-order valence-electron chi connectivity index (χ1n) is 6.61. The summed E-state index contributed by atoms with van der Waals surface area (Å²) in [5, 5.41) is 9.18. The predicted molar refractivity (Wildman–Crippen MR) is 77.0 cm³/mol. The van der Waals surface area contributed by atoms with Gasteiger partial charge in [0.1, 0.15) is 12.4 Å². The molecule has 0 spiro atoms. The SMILES string of the molecule is Nc1cccc(OCCS(=O)(=O)N2CCC[C@H]2CO)c1. The molecule has 0 radical (unpaired) electrons. The van der Waals surface area contributed by atoms with Gasteiger partial charge in [0.2, 0.25) is 10.0 Å². The van der Waals surface area contributed by atoms with E-state index >= 15 is 0 Å². The minimum absolute atomic E-state index is 0.0699. The van der Waals surface area contributed by atoms with Crippen molar-refractivity contribution in [2.45, 2.75) is 18.9 Å². The Kier molecular flexibility index (Phi) is 4.85. The standard InChI is InChI=1S/C13H20N2O4S/c14-11-3-1-5-13(9-11)19-7-8-20(17,18)15-6-2-4-12(15)10-16/h1,3,5,9,12,16H,2,4,6-8,10,14H2/t12-/m0/s1. The van der Waals surface area contributed by atoms with Crippen molar-refractivity contribution in [2.75, 3.05) is 31.2 Å². The summed E-state index contributed by atoms with van der Waals surface area (Å²) in [4.78, 5) is 0. The zero-order chi connectivity index (χ0) is 14.6. The molecule has 1 aromatic carbocycles. The lowest BCUT2D eigenvalue weighted by Crippen LogP contribution is -2.40. The normalized spacial score (nSPS) is 20.1. The Hall–Kier alpha value is -1.31. The van der Waals surface area contributed by atoms with Crippen LogP contribution in [0.3, 0.4) is 0 Å². The molecule has 0 saturated carbocycles. The van der Waals surface area contributed by atoms with E-state index in [4.69, 9.17) is 10.5 Å². The van der Waals surface area contributed by atoms with Crippen molar-refractivity contribution in [3.63, 3.8) is 0 Å². The number of nitrogen functional groups attached to an aromatic ring is 1. The van der Waals surface area contributed by atoms with E-state index in [1.165, 1.54) is 4.31 Å². The summed E-state index contributed by atoms with van der Waals surface area (Å²) in [5.41, 5.74) is 6.19. The highest BCUT2D eigenvalue weighted by atomic mass is 32.2. The van der Waals surface area contributed by atoms with Crippen molar-refractivity contribution in [1.29, 1.82) is 0 Å². The highest BCUT2D eigenvalue weighted by Crippen LogP contribution is 2.21. The van der Waals surface area contributed by atoms with Gasteiger partial charge >= 0.3 is 0 Å². The van der Waals surface area contributed by atoms with Crippen LogP contribution < -0.4 is 10.5 Å². The van der Waals surface area contributed by atoms with Crippen LogP contribution in [0.15, 0.2) is 24.3 Å². The van der Waals surface area contributed by atoms with Crippen LogP contribution in [-0.4, -0.2) is 49.4 Å². The molecule has 0 unspecified atom stereocenters. The molecular formula is C13H20N2O4S. The molecule has 0 aliphatic carbocycles. The first-order chi connectivity index (χ1) is 9.53. The number of hydrogen-bond donors (Lipinski definition) is 2. The van der Waals surface area contributed by atoms with Crippen molar-refractivity contribution in [2.24, 2.45) is 0 Å². The van der Waals surface area contributed by atoms with Gasteiger partial charge in [-0.2, -0.15) is 4.31 Å². The number of rotatable bonds is 6. The Balaban J connectivity index is 1.89. The Labute approximate surface area is 119 Å². The number of aliphatic hydroxyl groups excluding tert-OH is 1. The van der Waals surface area contributed by atoms with Gasteiger partial charge in [0.25, 0.3) is 0 Å². The van der Waals surface area contributed by atoms with E-state index in [0.717, 1.165) is 6.42 Å². The van der Waals surface area contributed by atoms with E-state index < -0.39 is 10.0 Å². The maximum Gasteiger partial charge on any atom is 0.217 e. The van der Waals surface area contributed by atoms with Gasteiger partial charge in [-0.1, -0.05) is 6.07 Å². The Morgan fingerprint density at radius 3 is 2.95 bits per heavy atom. The average Bonchev–Trinajstić information content (AvgIpc) is 2.87. The number of benzene rings is 1. The molecule has 3 N–H and O–H groups in total. The monoisotopic (exact) mass is 300 g/mol.